The minimum Gasteiger partial charge on any atom is -0.489 e. The molecule has 0 bridgehead atoms. The number of rotatable bonds is 6. The van der Waals surface area contributed by atoms with Gasteiger partial charge in [-0.2, -0.15) is 0 Å². The van der Waals surface area contributed by atoms with Crippen LogP contribution in [0.25, 0.3) is 0 Å². The number of aromatic nitrogens is 3. The van der Waals surface area contributed by atoms with Crippen LogP contribution in [-0.4, -0.2) is 27.5 Å². The van der Waals surface area contributed by atoms with Crippen molar-refractivity contribution in [1.82, 2.24) is 15.0 Å². The van der Waals surface area contributed by atoms with Crippen LogP contribution >= 0.6 is 0 Å². The summed E-state index contributed by atoms with van der Waals surface area (Å²) in [6.45, 7) is 5.93. The van der Waals surface area contributed by atoms with Crippen molar-refractivity contribution in [3.8, 4) is 5.75 Å². The molecular weight excluding hydrogens is 383 g/mol. The third kappa shape index (κ3) is 3.51. The minimum atomic E-state index is -0.704. The second-order valence-corrected chi connectivity index (χ2v) is 7.93. The highest BCUT2D eigenvalue weighted by molar-refractivity contribution is 5.98. The van der Waals surface area contributed by atoms with E-state index in [1.165, 1.54) is 12.1 Å². The first-order valence-electron chi connectivity index (χ1n) is 9.76. The van der Waals surface area contributed by atoms with Crippen molar-refractivity contribution in [3.05, 3.63) is 77.8 Å². The summed E-state index contributed by atoms with van der Waals surface area (Å²) in [6, 6.07) is 12.6. The molecular formula is C23H23FN4O2. The van der Waals surface area contributed by atoms with Crippen molar-refractivity contribution < 1.29 is 13.9 Å². The first-order valence-corrected chi connectivity index (χ1v) is 9.76. The number of hydrogen-bond donors (Lipinski definition) is 1. The van der Waals surface area contributed by atoms with Gasteiger partial charge in [-0.25, -0.2) is 19.3 Å². The van der Waals surface area contributed by atoms with Gasteiger partial charge in [-0.15, -0.1) is 0 Å². The zero-order chi connectivity index (χ0) is 21.4. The zero-order valence-corrected chi connectivity index (χ0v) is 17.1. The predicted molar refractivity (Wildman–Crippen MR) is 111 cm³/mol. The van der Waals surface area contributed by atoms with Crippen molar-refractivity contribution in [1.29, 1.82) is 0 Å². The number of nitrogens with zero attached hydrogens (tertiary/aromatic N) is 3. The van der Waals surface area contributed by atoms with Crippen LogP contribution in [0, 0.1) is 25.1 Å². The van der Waals surface area contributed by atoms with Crippen LogP contribution in [0.5, 0.6) is 5.75 Å². The van der Waals surface area contributed by atoms with Crippen molar-refractivity contribution in [3.63, 3.8) is 0 Å². The lowest BCUT2D eigenvalue weighted by Crippen LogP contribution is -2.33. The number of halogens is 1. The molecule has 2 heterocycles. The number of pyridine rings is 1. The molecule has 1 aliphatic rings. The maximum atomic E-state index is 13.2. The molecule has 0 unspecified atom stereocenters. The molecule has 1 fully saturated rings. The molecule has 0 radical (unpaired) electrons. The lowest BCUT2D eigenvalue weighted by molar-refractivity contribution is -0.121. The van der Waals surface area contributed by atoms with Gasteiger partial charge in [0.1, 0.15) is 17.5 Å². The average molecular weight is 406 g/mol. The van der Waals surface area contributed by atoms with Gasteiger partial charge in [0.15, 0.2) is 5.75 Å². The number of carbonyl (C=O) groups excluding carboxylic acids is 1. The normalized spacial score (nSPS) is 22.4. The first-order chi connectivity index (χ1) is 14.3. The molecule has 1 N–H and O–H groups in total. The Kier molecular flexibility index (Phi) is 4.97. The molecule has 154 valence electrons. The monoisotopic (exact) mass is 406 g/mol. The fourth-order valence-corrected chi connectivity index (χ4v) is 3.95. The summed E-state index contributed by atoms with van der Waals surface area (Å²) in [5, 5.41) is 2.82. The molecule has 3 aromatic rings. The summed E-state index contributed by atoms with van der Waals surface area (Å²) in [6.07, 6.45) is 3.36. The van der Waals surface area contributed by atoms with E-state index < -0.39 is 16.6 Å². The summed E-state index contributed by atoms with van der Waals surface area (Å²) < 4.78 is 19.2. The van der Waals surface area contributed by atoms with E-state index in [9.17, 15) is 9.18 Å². The Morgan fingerprint density at radius 1 is 1.13 bits per heavy atom. The number of ether oxygens (including phenoxy) is 1. The van der Waals surface area contributed by atoms with E-state index in [2.05, 4.69) is 20.3 Å². The Labute approximate surface area is 174 Å². The summed E-state index contributed by atoms with van der Waals surface area (Å²) in [5.74, 6) is 0.977. The molecule has 0 saturated heterocycles. The van der Waals surface area contributed by atoms with E-state index in [0.29, 0.717) is 30.4 Å². The second-order valence-electron chi connectivity index (χ2n) is 7.93. The zero-order valence-electron chi connectivity index (χ0n) is 17.1. The highest BCUT2D eigenvalue weighted by Gasteiger charge is 2.70. The molecule has 2 atom stereocenters. The van der Waals surface area contributed by atoms with Crippen LogP contribution in [-0.2, 0) is 10.2 Å². The molecule has 0 spiro atoms. The van der Waals surface area contributed by atoms with E-state index >= 15 is 0 Å². The van der Waals surface area contributed by atoms with Gasteiger partial charge < -0.3 is 10.1 Å². The standard InChI is InChI=1S/C23H23FN4O2/c1-15-19(12-25-16(2)27-15)30-14-23(17-7-5-4-6-8-17)13-22(23,3)21(29)28-20-10-9-18(24)11-26-20/h4-12H,13-14H2,1-3H3,(H,26,28,29)/t22-,23+/m0/s1. The number of hydrogen-bond acceptors (Lipinski definition) is 5. The maximum absolute atomic E-state index is 13.2. The predicted octanol–water partition coefficient (Wildman–Crippen LogP) is 3.99. The van der Waals surface area contributed by atoms with Gasteiger partial charge in [0.05, 0.1) is 30.1 Å². The first kappa shape index (κ1) is 19.9. The van der Waals surface area contributed by atoms with Gasteiger partial charge in [0.25, 0.3) is 0 Å². The van der Waals surface area contributed by atoms with Crippen LogP contribution in [0.2, 0.25) is 0 Å². The summed E-state index contributed by atoms with van der Waals surface area (Å²) in [7, 11) is 0. The Morgan fingerprint density at radius 2 is 1.90 bits per heavy atom. The van der Waals surface area contributed by atoms with Crippen LogP contribution in [0.3, 0.4) is 0 Å². The van der Waals surface area contributed by atoms with Crippen LogP contribution in [0.1, 0.15) is 30.4 Å². The van der Waals surface area contributed by atoms with Crippen molar-refractivity contribution in [2.24, 2.45) is 5.41 Å². The number of amides is 1. The third-order valence-corrected chi connectivity index (χ3v) is 5.91. The number of benzene rings is 1. The molecule has 7 heteroatoms. The Balaban J connectivity index is 1.59. The van der Waals surface area contributed by atoms with Crippen LogP contribution in [0.15, 0.2) is 54.9 Å². The van der Waals surface area contributed by atoms with Gasteiger partial charge in [0, 0.05) is 5.41 Å². The van der Waals surface area contributed by atoms with Gasteiger partial charge in [-0.05, 0) is 44.9 Å². The third-order valence-electron chi connectivity index (χ3n) is 5.91. The molecule has 6 nitrogen and oxygen atoms in total. The smallest absolute Gasteiger partial charge is 0.232 e. The van der Waals surface area contributed by atoms with E-state index in [0.717, 1.165) is 17.5 Å². The fraction of sp³-hybridized carbons (Fsp3) is 0.304. The second kappa shape index (κ2) is 7.48. The van der Waals surface area contributed by atoms with Crippen molar-refractivity contribution in [2.45, 2.75) is 32.6 Å². The molecule has 1 aromatic carbocycles. The van der Waals surface area contributed by atoms with E-state index in [-0.39, 0.29) is 5.91 Å². The minimum absolute atomic E-state index is 0.175. The molecule has 0 aliphatic heterocycles. The molecule has 2 aromatic heterocycles. The largest absolute Gasteiger partial charge is 0.489 e. The average Bonchev–Trinajstić information content (AvgIpc) is 3.37. The lowest BCUT2D eigenvalue weighted by atomic mass is 9.87. The molecule has 1 saturated carbocycles. The van der Waals surface area contributed by atoms with Gasteiger partial charge >= 0.3 is 0 Å². The Morgan fingerprint density at radius 3 is 2.57 bits per heavy atom. The SMILES string of the molecule is Cc1ncc(OC[C@@]2(c3ccccc3)C[C@@]2(C)C(=O)Nc2ccc(F)cn2)c(C)n1. The number of anilines is 1. The van der Waals surface area contributed by atoms with E-state index in [1.54, 1.807) is 6.20 Å². The number of aryl methyl sites for hydroxylation is 2. The van der Waals surface area contributed by atoms with Gasteiger partial charge in [0.2, 0.25) is 5.91 Å². The van der Waals surface area contributed by atoms with Gasteiger partial charge in [-0.1, -0.05) is 30.3 Å². The quantitative estimate of drug-likeness (QED) is 0.670. The highest BCUT2D eigenvalue weighted by atomic mass is 19.1. The molecule has 1 aliphatic carbocycles. The Bertz CT molecular complexity index is 1070. The van der Waals surface area contributed by atoms with E-state index in [4.69, 9.17) is 4.74 Å². The highest BCUT2D eigenvalue weighted by Crippen LogP contribution is 2.65. The lowest BCUT2D eigenvalue weighted by Gasteiger charge is -2.24. The van der Waals surface area contributed by atoms with Crippen LogP contribution < -0.4 is 10.1 Å². The Hall–Kier alpha value is -3.35. The van der Waals surface area contributed by atoms with Gasteiger partial charge in [-0.3, -0.25) is 4.79 Å². The van der Waals surface area contributed by atoms with Crippen LogP contribution in [0.4, 0.5) is 10.2 Å². The fourth-order valence-electron chi connectivity index (χ4n) is 3.95. The molecule has 4 rings (SSSR count). The maximum Gasteiger partial charge on any atom is 0.232 e. The summed E-state index contributed by atoms with van der Waals surface area (Å²) >= 11 is 0. The van der Waals surface area contributed by atoms with Crippen molar-refractivity contribution >= 4 is 11.7 Å². The summed E-state index contributed by atoms with van der Waals surface area (Å²) in [5.41, 5.74) is 0.577. The number of nitrogens with one attached hydrogen (secondary N) is 1. The molecule has 30 heavy (non-hydrogen) atoms. The molecule has 1 amide bonds. The number of carbonyl (C=O) groups is 1. The van der Waals surface area contributed by atoms with Crippen molar-refractivity contribution in [2.75, 3.05) is 11.9 Å². The topological polar surface area (TPSA) is 77.0 Å². The van der Waals surface area contributed by atoms with E-state index in [1.807, 2.05) is 51.1 Å². The summed E-state index contributed by atoms with van der Waals surface area (Å²) in [4.78, 5) is 25.7.